The van der Waals surface area contributed by atoms with E-state index in [0.29, 0.717) is 24.3 Å². The van der Waals surface area contributed by atoms with Gasteiger partial charge in [0.05, 0.1) is 6.04 Å². The van der Waals surface area contributed by atoms with Crippen molar-refractivity contribution < 1.29 is 14.3 Å². The summed E-state index contributed by atoms with van der Waals surface area (Å²) in [5, 5.41) is 5.52. The van der Waals surface area contributed by atoms with Gasteiger partial charge in [0, 0.05) is 18.5 Å². The SMILES string of the molecule is O=C1C[C@@H](NC(=O)c2ccc(Oc3ccccc3)cc2)CN1. The van der Waals surface area contributed by atoms with Gasteiger partial charge in [0.25, 0.3) is 5.91 Å². The van der Waals surface area contributed by atoms with Gasteiger partial charge in [-0.25, -0.2) is 0 Å². The minimum Gasteiger partial charge on any atom is -0.457 e. The van der Waals surface area contributed by atoms with Gasteiger partial charge in [-0.15, -0.1) is 0 Å². The molecule has 0 radical (unpaired) electrons. The standard InChI is InChI=1S/C17H16N2O3/c20-16-10-13(11-18-16)19-17(21)12-6-8-15(9-7-12)22-14-4-2-1-3-5-14/h1-9,13H,10-11H2,(H,18,20)(H,19,21)/t13-/m1/s1. The first-order valence-corrected chi connectivity index (χ1v) is 7.11. The number of nitrogens with one attached hydrogen (secondary N) is 2. The molecular weight excluding hydrogens is 280 g/mol. The van der Waals surface area contributed by atoms with Crippen molar-refractivity contribution in [3.8, 4) is 11.5 Å². The molecule has 1 atom stereocenters. The molecule has 1 aliphatic rings. The summed E-state index contributed by atoms with van der Waals surface area (Å²) in [4.78, 5) is 23.2. The van der Waals surface area contributed by atoms with Crippen LogP contribution in [0.25, 0.3) is 0 Å². The molecule has 2 aromatic carbocycles. The van der Waals surface area contributed by atoms with Gasteiger partial charge >= 0.3 is 0 Å². The van der Waals surface area contributed by atoms with E-state index < -0.39 is 0 Å². The molecule has 0 bridgehead atoms. The molecule has 0 aliphatic carbocycles. The summed E-state index contributed by atoms with van der Waals surface area (Å²) >= 11 is 0. The van der Waals surface area contributed by atoms with E-state index in [0.717, 1.165) is 5.75 Å². The number of para-hydroxylation sites is 1. The molecule has 22 heavy (non-hydrogen) atoms. The Labute approximate surface area is 128 Å². The molecule has 0 saturated carbocycles. The lowest BCUT2D eigenvalue weighted by Gasteiger charge is -2.11. The molecule has 0 aromatic heterocycles. The normalized spacial score (nSPS) is 16.9. The third-order valence-electron chi connectivity index (χ3n) is 3.41. The summed E-state index contributed by atoms with van der Waals surface area (Å²) in [5.74, 6) is 1.19. The lowest BCUT2D eigenvalue weighted by atomic mass is 10.2. The predicted molar refractivity (Wildman–Crippen MR) is 81.8 cm³/mol. The fourth-order valence-corrected chi connectivity index (χ4v) is 2.27. The smallest absolute Gasteiger partial charge is 0.251 e. The van der Waals surface area contributed by atoms with Crippen molar-refractivity contribution >= 4 is 11.8 Å². The molecule has 2 amide bonds. The van der Waals surface area contributed by atoms with Gasteiger partial charge < -0.3 is 15.4 Å². The third kappa shape index (κ3) is 3.44. The molecule has 1 heterocycles. The van der Waals surface area contributed by atoms with E-state index in [9.17, 15) is 9.59 Å². The fraction of sp³-hybridized carbons (Fsp3) is 0.176. The largest absolute Gasteiger partial charge is 0.457 e. The van der Waals surface area contributed by atoms with Gasteiger partial charge in [-0.3, -0.25) is 9.59 Å². The molecule has 0 unspecified atom stereocenters. The molecule has 5 nitrogen and oxygen atoms in total. The number of benzene rings is 2. The Morgan fingerprint density at radius 3 is 2.36 bits per heavy atom. The summed E-state index contributed by atoms with van der Waals surface area (Å²) in [6.07, 6.45) is 0.334. The number of amides is 2. The Bertz CT molecular complexity index is 668. The number of ether oxygens (including phenoxy) is 1. The van der Waals surface area contributed by atoms with Crippen LogP contribution >= 0.6 is 0 Å². The second kappa shape index (κ2) is 6.30. The molecule has 5 heteroatoms. The molecule has 112 valence electrons. The lowest BCUT2D eigenvalue weighted by Crippen LogP contribution is -2.36. The maximum atomic E-state index is 12.1. The zero-order chi connectivity index (χ0) is 15.4. The van der Waals surface area contributed by atoms with Crippen LogP contribution in [0.5, 0.6) is 11.5 Å². The first-order valence-electron chi connectivity index (χ1n) is 7.11. The Kier molecular flexibility index (Phi) is 4.05. The summed E-state index contributed by atoms with van der Waals surface area (Å²) in [5.41, 5.74) is 0.541. The number of carbonyl (C=O) groups excluding carboxylic acids is 2. The third-order valence-corrected chi connectivity index (χ3v) is 3.41. The highest BCUT2D eigenvalue weighted by Gasteiger charge is 2.23. The van der Waals surface area contributed by atoms with Crippen LogP contribution in [-0.2, 0) is 4.79 Å². The second-order valence-electron chi connectivity index (χ2n) is 5.12. The Morgan fingerprint density at radius 1 is 1.05 bits per heavy atom. The van der Waals surface area contributed by atoms with E-state index in [2.05, 4.69) is 10.6 Å². The Hall–Kier alpha value is -2.82. The highest BCUT2D eigenvalue weighted by Crippen LogP contribution is 2.21. The van der Waals surface area contributed by atoms with Gasteiger partial charge in [0.15, 0.2) is 0 Å². The highest BCUT2D eigenvalue weighted by molar-refractivity contribution is 5.95. The van der Waals surface area contributed by atoms with Crippen LogP contribution in [-0.4, -0.2) is 24.4 Å². The highest BCUT2D eigenvalue weighted by atomic mass is 16.5. The van der Waals surface area contributed by atoms with E-state index in [1.54, 1.807) is 24.3 Å². The maximum Gasteiger partial charge on any atom is 0.251 e. The molecule has 0 spiro atoms. The van der Waals surface area contributed by atoms with Gasteiger partial charge in [0.1, 0.15) is 11.5 Å². The average molecular weight is 296 g/mol. The summed E-state index contributed by atoms with van der Waals surface area (Å²) in [6, 6.07) is 16.2. The monoisotopic (exact) mass is 296 g/mol. The maximum absolute atomic E-state index is 12.1. The number of carbonyl (C=O) groups is 2. The van der Waals surface area contributed by atoms with Crippen LogP contribution < -0.4 is 15.4 Å². The minimum absolute atomic E-state index is 0.0306. The van der Waals surface area contributed by atoms with Crippen LogP contribution in [0.2, 0.25) is 0 Å². The van der Waals surface area contributed by atoms with Gasteiger partial charge in [-0.05, 0) is 36.4 Å². The summed E-state index contributed by atoms with van der Waals surface area (Å²) < 4.78 is 5.67. The van der Waals surface area contributed by atoms with Gasteiger partial charge in [-0.1, -0.05) is 18.2 Å². The van der Waals surface area contributed by atoms with Crippen LogP contribution in [0, 0.1) is 0 Å². The quantitative estimate of drug-likeness (QED) is 0.908. The van der Waals surface area contributed by atoms with Crippen LogP contribution in [0.1, 0.15) is 16.8 Å². The van der Waals surface area contributed by atoms with Crippen molar-refractivity contribution in [1.82, 2.24) is 10.6 Å². The Balaban J connectivity index is 1.61. The van der Waals surface area contributed by atoms with E-state index in [4.69, 9.17) is 4.74 Å². The zero-order valence-corrected chi connectivity index (χ0v) is 11.9. The molecule has 2 N–H and O–H groups in total. The molecule has 1 fully saturated rings. The van der Waals surface area contributed by atoms with E-state index in [1.165, 1.54) is 0 Å². The number of hydrogen-bond acceptors (Lipinski definition) is 3. The van der Waals surface area contributed by atoms with Crippen molar-refractivity contribution in [2.75, 3.05) is 6.54 Å². The summed E-state index contributed by atoms with van der Waals surface area (Å²) in [7, 11) is 0. The van der Waals surface area contributed by atoms with Crippen LogP contribution in [0.4, 0.5) is 0 Å². The second-order valence-corrected chi connectivity index (χ2v) is 5.12. The van der Waals surface area contributed by atoms with Crippen molar-refractivity contribution in [2.24, 2.45) is 0 Å². The first-order chi connectivity index (χ1) is 10.7. The van der Waals surface area contributed by atoms with Crippen LogP contribution in [0.3, 0.4) is 0 Å². The predicted octanol–water partition coefficient (Wildman–Crippen LogP) is 2.10. The van der Waals surface area contributed by atoms with Crippen LogP contribution in [0.15, 0.2) is 54.6 Å². The van der Waals surface area contributed by atoms with Crippen molar-refractivity contribution in [3.05, 3.63) is 60.2 Å². The molecule has 2 aromatic rings. The Morgan fingerprint density at radius 2 is 1.73 bits per heavy atom. The molecule has 3 rings (SSSR count). The molecule has 1 saturated heterocycles. The number of hydrogen-bond donors (Lipinski definition) is 2. The zero-order valence-electron chi connectivity index (χ0n) is 11.9. The molecule has 1 aliphatic heterocycles. The van der Waals surface area contributed by atoms with Crippen molar-refractivity contribution in [2.45, 2.75) is 12.5 Å². The van der Waals surface area contributed by atoms with E-state index >= 15 is 0 Å². The lowest BCUT2D eigenvalue weighted by molar-refractivity contribution is -0.119. The minimum atomic E-state index is -0.187. The average Bonchev–Trinajstić information content (AvgIpc) is 2.94. The topological polar surface area (TPSA) is 67.4 Å². The first kappa shape index (κ1) is 14.1. The fourth-order valence-electron chi connectivity index (χ4n) is 2.27. The van der Waals surface area contributed by atoms with Gasteiger partial charge in [0.2, 0.25) is 5.91 Å². The summed E-state index contributed by atoms with van der Waals surface area (Å²) in [6.45, 7) is 0.486. The molecular formula is C17H16N2O3. The van der Waals surface area contributed by atoms with Crippen molar-refractivity contribution in [3.63, 3.8) is 0 Å². The van der Waals surface area contributed by atoms with E-state index in [1.807, 2.05) is 30.3 Å². The van der Waals surface area contributed by atoms with E-state index in [-0.39, 0.29) is 17.9 Å². The van der Waals surface area contributed by atoms with Crippen molar-refractivity contribution in [1.29, 1.82) is 0 Å². The van der Waals surface area contributed by atoms with Gasteiger partial charge in [-0.2, -0.15) is 0 Å². The number of rotatable bonds is 4.